The predicted octanol–water partition coefficient (Wildman–Crippen LogP) is 3.94. The van der Waals surface area contributed by atoms with Gasteiger partial charge in [0, 0.05) is 58.8 Å². The highest BCUT2D eigenvalue weighted by Crippen LogP contribution is 2.22. The summed E-state index contributed by atoms with van der Waals surface area (Å²) in [6, 6.07) is 19.8. The van der Waals surface area contributed by atoms with E-state index in [1.54, 1.807) is 0 Å². The maximum atomic E-state index is 4.77. The van der Waals surface area contributed by atoms with Crippen molar-refractivity contribution in [2.75, 3.05) is 39.1 Å². The van der Waals surface area contributed by atoms with Crippen LogP contribution in [0.4, 0.5) is 5.82 Å². The summed E-state index contributed by atoms with van der Waals surface area (Å²) in [4.78, 5) is 13.9. The first-order chi connectivity index (χ1) is 16.0. The second-order valence-electron chi connectivity index (χ2n) is 9.16. The van der Waals surface area contributed by atoms with E-state index < -0.39 is 0 Å². The lowest BCUT2D eigenvalue weighted by Gasteiger charge is -2.33. The number of hydrogen-bond acceptors (Lipinski definition) is 4. The fourth-order valence-electron chi connectivity index (χ4n) is 4.48. The molecule has 0 amide bonds. The van der Waals surface area contributed by atoms with Gasteiger partial charge in [0.05, 0.1) is 5.52 Å². The predicted molar refractivity (Wildman–Crippen MR) is 139 cm³/mol. The summed E-state index contributed by atoms with van der Waals surface area (Å²) in [5.74, 6) is 1.83. The van der Waals surface area contributed by atoms with Crippen molar-refractivity contribution in [2.24, 2.45) is 4.99 Å². The van der Waals surface area contributed by atoms with Crippen LogP contribution in [0.3, 0.4) is 0 Å². The first-order valence-electron chi connectivity index (χ1n) is 11.8. The SMILES string of the molecule is CN=C(NCc1cc(N(C)C)nc2ccccc12)NC1CCN(Cc2cccc(C)c2)CC1. The molecule has 33 heavy (non-hydrogen) atoms. The molecular weight excluding hydrogens is 408 g/mol. The zero-order valence-electron chi connectivity index (χ0n) is 20.3. The van der Waals surface area contributed by atoms with Crippen LogP contribution in [0.2, 0.25) is 0 Å². The summed E-state index contributed by atoms with van der Waals surface area (Å²) < 4.78 is 0. The molecule has 1 saturated heterocycles. The van der Waals surface area contributed by atoms with E-state index in [4.69, 9.17) is 4.98 Å². The molecule has 4 rings (SSSR count). The molecule has 6 nitrogen and oxygen atoms in total. The molecule has 2 aromatic carbocycles. The summed E-state index contributed by atoms with van der Waals surface area (Å²) in [6.45, 7) is 6.10. The van der Waals surface area contributed by atoms with Crippen molar-refractivity contribution in [3.8, 4) is 0 Å². The van der Waals surface area contributed by atoms with Gasteiger partial charge in [-0.2, -0.15) is 0 Å². The van der Waals surface area contributed by atoms with Gasteiger partial charge in [0.25, 0.3) is 0 Å². The number of benzene rings is 2. The summed E-state index contributed by atoms with van der Waals surface area (Å²) in [6.07, 6.45) is 2.24. The van der Waals surface area contributed by atoms with E-state index in [0.29, 0.717) is 12.6 Å². The summed E-state index contributed by atoms with van der Waals surface area (Å²) >= 11 is 0. The summed E-state index contributed by atoms with van der Waals surface area (Å²) in [5, 5.41) is 8.34. The molecule has 6 heteroatoms. The average molecular weight is 445 g/mol. The van der Waals surface area contributed by atoms with Gasteiger partial charge in [0.1, 0.15) is 5.82 Å². The van der Waals surface area contributed by atoms with E-state index >= 15 is 0 Å². The Bertz CT molecular complexity index is 1100. The van der Waals surface area contributed by atoms with Gasteiger partial charge in [0.2, 0.25) is 0 Å². The number of aliphatic imine (C=N–C) groups is 1. The number of fused-ring (bicyclic) bond motifs is 1. The van der Waals surface area contributed by atoms with E-state index in [1.807, 2.05) is 32.1 Å². The van der Waals surface area contributed by atoms with Gasteiger partial charge in [-0.25, -0.2) is 4.98 Å². The third-order valence-corrected chi connectivity index (χ3v) is 6.33. The molecule has 0 unspecified atom stereocenters. The van der Waals surface area contributed by atoms with Gasteiger partial charge in [-0.15, -0.1) is 0 Å². The zero-order valence-corrected chi connectivity index (χ0v) is 20.3. The van der Waals surface area contributed by atoms with E-state index in [1.165, 1.54) is 22.1 Å². The second kappa shape index (κ2) is 10.7. The number of piperidine rings is 1. The molecule has 0 aliphatic carbocycles. The standard InChI is InChI=1S/C27H36N6/c1-20-8-7-9-21(16-20)19-33-14-12-23(13-15-33)30-27(28-2)29-18-22-17-26(32(3)4)31-25-11-6-5-10-24(22)25/h5-11,16-17,23H,12-15,18-19H2,1-4H3,(H2,28,29,30). The Morgan fingerprint density at radius 1 is 1.09 bits per heavy atom. The van der Waals surface area contributed by atoms with Gasteiger partial charge in [-0.3, -0.25) is 9.89 Å². The number of nitrogens with zero attached hydrogens (tertiary/aromatic N) is 4. The molecule has 0 radical (unpaired) electrons. The highest BCUT2D eigenvalue weighted by atomic mass is 15.2. The van der Waals surface area contributed by atoms with Crippen LogP contribution in [-0.2, 0) is 13.1 Å². The molecule has 2 heterocycles. The molecule has 0 spiro atoms. The fourth-order valence-corrected chi connectivity index (χ4v) is 4.48. The van der Waals surface area contributed by atoms with Crippen molar-refractivity contribution < 1.29 is 0 Å². The maximum absolute atomic E-state index is 4.77. The number of likely N-dealkylation sites (tertiary alicyclic amines) is 1. The molecule has 3 aromatic rings. The minimum Gasteiger partial charge on any atom is -0.363 e. The number of guanidine groups is 1. The zero-order chi connectivity index (χ0) is 23.2. The van der Waals surface area contributed by atoms with Crippen LogP contribution >= 0.6 is 0 Å². The molecule has 2 N–H and O–H groups in total. The number of pyridine rings is 1. The first kappa shape index (κ1) is 23.1. The summed E-state index contributed by atoms with van der Waals surface area (Å²) in [7, 11) is 5.90. The molecule has 1 aliphatic rings. The van der Waals surface area contributed by atoms with Crippen molar-refractivity contribution in [2.45, 2.75) is 38.9 Å². The minimum atomic E-state index is 0.441. The van der Waals surface area contributed by atoms with Crippen LogP contribution in [0.5, 0.6) is 0 Å². The van der Waals surface area contributed by atoms with Gasteiger partial charge in [-0.05, 0) is 43.0 Å². The Kier molecular flexibility index (Phi) is 7.45. The van der Waals surface area contributed by atoms with Crippen LogP contribution < -0.4 is 15.5 Å². The summed E-state index contributed by atoms with van der Waals surface area (Å²) in [5.41, 5.74) is 4.98. The van der Waals surface area contributed by atoms with Crippen LogP contribution in [0.1, 0.15) is 29.5 Å². The molecule has 0 atom stereocenters. The number of anilines is 1. The largest absolute Gasteiger partial charge is 0.363 e. The van der Waals surface area contributed by atoms with Gasteiger partial charge in [-0.1, -0.05) is 48.0 Å². The first-order valence-corrected chi connectivity index (χ1v) is 11.8. The van der Waals surface area contributed by atoms with E-state index in [0.717, 1.165) is 49.8 Å². The van der Waals surface area contributed by atoms with Crippen molar-refractivity contribution in [3.63, 3.8) is 0 Å². The Balaban J connectivity index is 1.33. The fraction of sp³-hybridized carbons (Fsp3) is 0.407. The van der Waals surface area contributed by atoms with Crippen LogP contribution in [0.25, 0.3) is 10.9 Å². The average Bonchev–Trinajstić information content (AvgIpc) is 2.82. The maximum Gasteiger partial charge on any atom is 0.191 e. The number of aryl methyl sites for hydroxylation is 1. The molecule has 0 saturated carbocycles. The molecular formula is C27H36N6. The smallest absolute Gasteiger partial charge is 0.191 e. The highest BCUT2D eigenvalue weighted by molar-refractivity contribution is 5.85. The number of hydrogen-bond donors (Lipinski definition) is 2. The minimum absolute atomic E-state index is 0.441. The Morgan fingerprint density at radius 2 is 1.88 bits per heavy atom. The Hall–Kier alpha value is -3.12. The quantitative estimate of drug-likeness (QED) is 0.446. The number of rotatable bonds is 6. The van der Waals surface area contributed by atoms with E-state index in [9.17, 15) is 0 Å². The molecule has 1 aliphatic heterocycles. The number of aromatic nitrogens is 1. The molecule has 0 bridgehead atoms. The number of para-hydroxylation sites is 1. The second-order valence-corrected chi connectivity index (χ2v) is 9.16. The third kappa shape index (κ3) is 6.02. The van der Waals surface area contributed by atoms with Gasteiger partial charge >= 0.3 is 0 Å². The molecule has 1 fully saturated rings. The monoisotopic (exact) mass is 444 g/mol. The Labute approximate surface area is 197 Å². The van der Waals surface area contributed by atoms with Crippen LogP contribution in [0, 0.1) is 6.92 Å². The number of nitrogens with one attached hydrogen (secondary N) is 2. The van der Waals surface area contributed by atoms with E-state index in [2.05, 4.69) is 76.0 Å². The third-order valence-electron chi connectivity index (χ3n) is 6.33. The lowest BCUT2D eigenvalue weighted by Crippen LogP contribution is -2.48. The Morgan fingerprint density at radius 3 is 2.61 bits per heavy atom. The highest BCUT2D eigenvalue weighted by Gasteiger charge is 2.20. The van der Waals surface area contributed by atoms with Crippen LogP contribution in [0.15, 0.2) is 59.6 Å². The molecule has 1 aromatic heterocycles. The topological polar surface area (TPSA) is 55.8 Å². The molecule has 174 valence electrons. The lowest BCUT2D eigenvalue weighted by atomic mass is 10.0. The van der Waals surface area contributed by atoms with Crippen molar-refractivity contribution in [1.82, 2.24) is 20.5 Å². The van der Waals surface area contributed by atoms with E-state index in [-0.39, 0.29) is 0 Å². The van der Waals surface area contributed by atoms with Gasteiger partial charge in [0.15, 0.2) is 5.96 Å². The van der Waals surface area contributed by atoms with Gasteiger partial charge < -0.3 is 15.5 Å². The lowest BCUT2D eigenvalue weighted by molar-refractivity contribution is 0.198. The van der Waals surface area contributed by atoms with Crippen molar-refractivity contribution in [3.05, 3.63) is 71.3 Å². The van der Waals surface area contributed by atoms with Crippen molar-refractivity contribution >= 4 is 22.7 Å². The van der Waals surface area contributed by atoms with Crippen LogP contribution in [-0.4, -0.2) is 56.1 Å². The normalized spacial score (nSPS) is 15.6. The van der Waals surface area contributed by atoms with Crippen molar-refractivity contribution in [1.29, 1.82) is 0 Å².